The Morgan fingerprint density at radius 3 is 2.85 bits per heavy atom. The maximum absolute atomic E-state index is 12.2. The van der Waals surface area contributed by atoms with Crippen molar-refractivity contribution in [3.8, 4) is 0 Å². The molecule has 2 saturated carbocycles. The van der Waals surface area contributed by atoms with Gasteiger partial charge in [0, 0.05) is 18.6 Å². The zero-order valence-corrected chi connectivity index (χ0v) is 12.7. The Hall–Kier alpha value is -0.610. The standard InChI is InChI=1S/C16H29N3O/c1-11(15-8-12-4-5-13(15)7-12)18-16(20)10-19-6-2-3-14(17)9-19/h11-15H,2-10,17H2,1H3,(H,18,20)/t11?,12?,13?,14-,15?/m1/s1. The molecule has 3 N–H and O–H groups in total. The van der Waals surface area contributed by atoms with Crippen molar-refractivity contribution in [3.05, 3.63) is 0 Å². The summed E-state index contributed by atoms with van der Waals surface area (Å²) in [4.78, 5) is 14.4. The smallest absolute Gasteiger partial charge is 0.234 e. The molecule has 1 heterocycles. The maximum atomic E-state index is 12.2. The molecule has 3 aliphatic rings. The fourth-order valence-electron chi connectivity index (χ4n) is 4.75. The quantitative estimate of drug-likeness (QED) is 0.817. The second-order valence-corrected chi connectivity index (χ2v) is 7.33. The third-order valence-corrected chi connectivity index (χ3v) is 5.73. The van der Waals surface area contributed by atoms with E-state index in [1.807, 2.05) is 0 Å². The molecule has 2 aliphatic carbocycles. The van der Waals surface area contributed by atoms with Crippen molar-refractivity contribution in [3.63, 3.8) is 0 Å². The number of nitrogens with zero attached hydrogens (tertiary/aromatic N) is 1. The molecule has 4 heteroatoms. The first kappa shape index (κ1) is 14.3. The van der Waals surface area contributed by atoms with Gasteiger partial charge in [0.2, 0.25) is 5.91 Å². The van der Waals surface area contributed by atoms with Gasteiger partial charge in [0.25, 0.3) is 0 Å². The number of nitrogens with one attached hydrogen (secondary N) is 1. The summed E-state index contributed by atoms with van der Waals surface area (Å²) in [5.41, 5.74) is 5.97. The van der Waals surface area contributed by atoms with E-state index in [1.165, 1.54) is 25.7 Å². The average Bonchev–Trinajstić information content (AvgIpc) is 3.00. The predicted molar refractivity (Wildman–Crippen MR) is 80.2 cm³/mol. The van der Waals surface area contributed by atoms with Crippen LogP contribution in [0.4, 0.5) is 0 Å². The number of likely N-dealkylation sites (tertiary alicyclic amines) is 1. The summed E-state index contributed by atoms with van der Waals surface area (Å²) in [6.45, 7) is 4.61. The van der Waals surface area contributed by atoms with Gasteiger partial charge in [0.15, 0.2) is 0 Å². The summed E-state index contributed by atoms with van der Waals surface area (Å²) < 4.78 is 0. The van der Waals surface area contributed by atoms with Gasteiger partial charge in [0.05, 0.1) is 6.54 Å². The van der Waals surface area contributed by atoms with Crippen LogP contribution in [0.3, 0.4) is 0 Å². The van der Waals surface area contributed by atoms with Crippen LogP contribution in [0.2, 0.25) is 0 Å². The van der Waals surface area contributed by atoms with Gasteiger partial charge in [-0.2, -0.15) is 0 Å². The van der Waals surface area contributed by atoms with Crippen molar-refractivity contribution < 1.29 is 4.79 Å². The van der Waals surface area contributed by atoms with Gasteiger partial charge in [-0.05, 0) is 63.3 Å². The summed E-state index contributed by atoms with van der Waals surface area (Å²) in [6, 6.07) is 0.593. The third-order valence-electron chi connectivity index (χ3n) is 5.73. The van der Waals surface area contributed by atoms with Crippen molar-refractivity contribution >= 4 is 5.91 Å². The monoisotopic (exact) mass is 279 g/mol. The Morgan fingerprint density at radius 2 is 2.20 bits per heavy atom. The number of hydrogen-bond acceptors (Lipinski definition) is 3. The third kappa shape index (κ3) is 3.17. The van der Waals surface area contributed by atoms with Crippen LogP contribution in [0.5, 0.6) is 0 Å². The lowest BCUT2D eigenvalue weighted by atomic mass is 9.84. The van der Waals surface area contributed by atoms with Crippen LogP contribution in [0.15, 0.2) is 0 Å². The lowest BCUT2D eigenvalue weighted by Crippen LogP contribution is -2.49. The van der Waals surface area contributed by atoms with Crippen LogP contribution in [0, 0.1) is 17.8 Å². The molecular formula is C16H29N3O. The van der Waals surface area contributed by atoms with Gasteiger partial charge < -0.3 is 11.1 Å². The van der Waals surface area contributed by atoms with Crippen molar-refractivity contribution in [2.45, 2.75) is 57.5 Å². The van der Waals surface area contributed by atoms with Crippen molar-refractivity contribution in [1.82, 2.24) is 10.2 Å². The Balaban J connectivity index is 1.44. The molecule has 4 unspecified atom stereocenters. The Kier molecular flexibility index (Phi) is 4.32. The van der Waals surface area contributed by atoms with Crippen LogP contribution >= 0.6 is 0 Å². The maximum Gasteiger partial charge on any atom is 0.234 e. The van der Waals surface area contributed by atoms with Gasteiger partial charge in [0.1, 0.15) is 0 Å². The van der Waals surface area contributed by atoms with Gasteiger partial charge in [-0.25, -0.2) is 0 Å². The number of carbonyl (C=O) groups excluding carboxylic acids is 1. The number of piperidine rings is 1. The Bertz CT molecular complexity index is 360. The largest absolute Gasteiger partial charge is 0.352 e. The van der Waals surface area contributed by atoms with Gasteiger partial charge in [-0.15, -0.1) is 0 Å². The number of nitrogens with two attached hydrogens (primary N) is 1. The van der Waals surface area contributed by atoms with Crippen LogP contribution < -0.4 is 11.1 Å². The van der Waals surface area contributed by atoms with E-state index < -0.39 is 0 Å². The van der Waals surface area contributed by atoms with Crippen LogP contribution in [-0.4, -0.2) is 42.5 Å². The van der Waals surface area contributed by atoms with E-state index in [4.69, 9.17) is 5.73 Å². The van der Waals surface area contributed by atoms with Gasteiger partial charge >= 0.3 is 0 Å². The van der Waals surface area contributed by atoms with E-state index in [0.717, 1.165) is 43.7 Å². The van der Waals surface area contributed by atoms with Crippen LogP contribution in [-0.2, 0) is 4.79 Å². The molecule has 0 aromatic carbocycles. The van der Waals surface area contributed by atoms with Crippen molar-refractivity contribution in [1.29, 1.82) is 0 Å². The average molecular weight is 279 g/mol. The summed E-state index contributed by atoms with van der Waals surface area (Å²) in [7, 11) is 0. The predicted octanol–water partition coefficient (Wildman–Crippen LogP) is 1.35. The minimum absolute atomic E-state index is 0.189. The lowest BCUT2D eigenvalue weighted by molar-refractivity contribution is -0.123. The molecule has 3 fully saturated rings. The first-order chi connectivity index (χ1) is 9.61. The minimum Gasteiger partial charge on any atom is -0.352 e. The summed E-state index contributed by atoms with van der Waals surface area (Å²) >= 11 is 0. The molecule has 3 rings (SSSR count). The summed E-state index contributed by atoms with van der Waals surface area (Å²) in [5, 5.41) is 3.25. The molecule has 1 amide bonds. The van der Waals surface area contributed by atoms with E-state index in [9.17, 15) is 4.79 Å². The number of fused-ring (bicyclic) bond motifs is 2. The van der Waals surface area contributed by atoms with Crippen molar-refractivity contribution in [2.75, 3.05) is 19.6 Å². The molecule has 1 aliphatic heterocycles. The minimum atomic E-state index is 0.189. The van der Waals surface area contributed by atoms with Crippen LogP contribution in [0.1, 0.15) is 45.4 Å². The molecule has 114 valence electrons. The van der Waals surface area contributed by atoms with Crippen LogP contribution in [0.25, 0.3) is 0 Å². The van der Waals surface area contributed by atoms with E-state index in [2.05, 4.69) is 17.1 Å². The van der Waals surface area contributed by atoms with E-state index >= 15 is 0 Å². The topological polar surface area (TPSA) is 58.4 Å². The Labute approximate surface area is 122 Å². The molecule has 2 bridgehead atoms. The molecule has 1 saturated heterocycles. The summed E-state index contributed by atoms with van der Waals surface area (Å²) in [6.07, 6.45) is 7.77. The number of amides is 1. The Morgan fingerprint density at radius 1 is 1.35 bits per heavy atom. The lowest BCUT2D eigenvalue weighted by Gasteiger charge is -2.32. The normalized spacial score (nSPS) is 38.9. The fraction of sp³-hybridized carbons (Fsp3) is 0.938. The van der Waals surface area contributed by atoms with E-state index in [1.54, 1.807) is 0 Å². The second kappa shape index (κ2) is 6.02. The van der Waals surface area contributed by atoms with E-state index in [0.29, 0.717) is 12.6 Å². The van der Waals surface area contributed by atoms with Gasteiger partial charge in [-0.3, -0.25) is 9.69 Å². The molecule has 0 radical (unpaired) electrons. The summed E-state index contributed by atoms with van der Waals surface area (Å²) in [5.74, 6) is 2.74. The zero-order chi connectivity index (χ0) is 14.1. The second-order valence-electron chi connectivity index (χ2n) is 7.33. The van der Waals surface area contributed by atoms with Gasteiger partial charge in [-0.1, -0.05) is 6.42 Å². The van der Waals surface area contributed by atoms with Crippen molar-refractivity contribution in [2.24, 2.45) is 23.5 Å². The molecule has 4 nitrogen and oxygen atoms in total. The fourth-order valence-corrected chi connectivity index (χ4v) is 4.75. The highest BCUT2D eigenvalue weighted by atomic mass is 16.2. The van der Waals surface area contributed by atoms with E-state index in [-0.39, 0.29) is 11.9 Å². The molecule has 0 aromatic heterocycles. The highest BCUT2D eigenvalue weighted by Crippen LogP contribution is 2.49. The molecule has 5 atom stereocenters. The highest BCUT2D eigenvalue weighted by molar-refractivity contribution is 5.78. The number of carbonyl (C=O) groups is 1. The molecule has 0 aromatic rings. The molecule has 0 spiro atoms. The molecular weight excluding hydrogens is 250 g/mol. The molecule has 20 heavy (non-hydrogen) atoms. The first-order valence-electron chi connectivity index (χ1n) is 8.39. The highest BCUT2D eigenvalue weighted by Gasteiger charge is 2.42. The number of hydrogen-bond donors (Lipinski definition) is 2. The zero-order valence-electron chi connectivity index (χ0n) is 12.7. The number of rotatable bonds is 4. The first-order valence-corrected chi connectivity index (χ1v) is 8.39. The SMILES string of the molecule is CC(NC(=O)CN1CCC[C@@H](N)C1)C1CC2CCC1C2.